The van der Waals surface area contributed by atoms with Gasteiger partial charge in [-0.05, 0) is 12.8 Å². The van der Waals surface area contributed by atoms with Crippen LogP contribution in [0.1, 0.15) is 97.3 Å². The second-order valence-electron chi connectivity index (χ2n) is 5.98. The van der Waals surface area contributed by atoms with Gasteiger partial charge in [-0.1, -0.05) is 84.5 Å². The van der Waals surface area contributed by atoms with Crippen LogP contribution >= 0.6 is 0 Å². The minimum atomic E-state index is 0.151. The van der Waals surface area contributed by atoms with Crippen molar-refractivity contribution in [2.45, 2.75) is 103 Å². The van der Waals surface area contributed by atoms with Crippen molar-refractivity contribution < 1.29 is 9.84 Å². The molecule has 0 heterocycles. The van der Waals surface area contributed by atoms with Gasteiger partial charge in [0.25, 0.3) is 0 Å². The lowest BCUT2D eigenvalue weighted by Gasteiger charge is -2.16. The van der Waals surface area contributed by atoms with E-state index >= 15 is 0 Å². The van der Waals surface area contributed by atoms with Gasteiger partial charge in [0.15, 0.2) is 0 Å². The van der Waals surface area contributed by atoms with Crippen molar-refractivity contribution in [2.24, 2.45) is 0 Å². The van der Waals surface area contributed by atoms with E-state index in [2.05, 4.69) is 13.8 Å². The number of aliphatic hydroxyl groups excluding tert-OH is 1. The Balaban J connectivity index is 3.27. The van der Waals surface area contributed by atoms with Crippen molar-refractivity contribution in [3.63, 3.8) is 0 Å². The van der Waals surface area contributed by atoms with E-state index in [9.17, 15) is 0 Å². The first-order chi connectivity index (χ1) is 9.85. The molecule has 0 aromatic carbocycles. The van der Waals surface area contributed by atoms with Gasteiger partial charge in [-0.3, -0.25) is 0 Å². The fourth-order valence-corrected chi connectivity index (χ4v) is 2.71. The number of hydrogen-bond donors (Lipinski definition) is 1. The van der Waals surface area contributed by atoms with Gasteiger partial charge in [0.05, 0.1) is 19.3 Å². The third kappa shape index (κ3) is 14.3. The molecule has 0 fully saturated rings. The van der Waals surface area contributed by atoms with Crippen LogP contribution in [0.4, 0.5) is 0 Å². The van der Waals surface area contributed by atoms with Crippen LogP contribution in [0.3, 0.4) is 0 Å². The van der Waals surface area contributed by atoms with Gasteiger partial charge in [-0.15, -0.1) is 0 Å². The molecule has 0 amide bonds. The van der Waals surface area contributed by atoms with Crippen LogP contribution < -0.4 is 0 Å². The van der Waals surface area contributed by atoms with Gasteiger partial charge in [-0.25, -0.2) is 0 Å². The molecule has 1 unspecified atom stereocenters. The Morgan fingerprint density at radius 3 is 1.75 bits per heavy atom. The number of unbranched alkanes of at least 4 members (excludes halogenated alkanes) is 9. The lowest BCUT2D eigenvalue weighted by Crippen LogP contribution is -2.15. The predicted octanol–water partition coefficient (Wildman–Crippen LogP) is 5.48. The van der Waals surface area contributed by atoms with Gasteiger partial charge in [0.2, 0.25) is 0 Å². The summed E-state index contributed by atoms with van der Waals surface area (Å²) in [7, 11) is 0. The first-order valence-electron chi connectivity index (χ1n) is 9.07. The summed E-state index contributed by atoms with van der Waals surface area (Å²) in [6, 6.07) is 0. The van der Waals surface area contributed by atoms with Crippen LogP contribution in [0.5, 0.6) is 0 Å². The maximum Gasteiger partial charge on any atom is 0.0701 e. The molecule has 0 radical (unpaired) electrons. The molecule has 1 N–H and O–H groups in total. The molecule has 2 nitrogen and oxygen atoms in total. The van der Waals surface area contributed by atoms with E-state index in [-0.39, 0.29) is 6.61 Å². The van der Waals surface area contributed by atoms with Gasteiger partial charge in [0.1, 0.15) is 0 Å². The summed E-state index contributed by atoms with van der Waals surface area (Å²) < 4.78 is 5.66. The maximum absolute atomic E-state index is 8.80. The highest BCUT2D eigenvalue weighted by atomic mass is 16.5. The summed E-state index contributed by atoms with van der Waals surface area (Å²) >= 11 is 0. The summed E-state index contributed by atoms with van der Waals surface area (Å²) in [6.07, 6.45) is 17.7. The third-order valence-corrected chi connectivity index (χ3v) is 3.94. The Labute approximate surface area is 127 Å². The number of hydrogen-bond acceptors (Lipinski definition) is 2. The van der Waals surface area contributed by atoms with E-state index in [1.54, 1.807) is 0 Å². The van der Waals surface area contributed by atoms with Crippen molar-refractivity contribution in [2.75, 3.05) is 13.2 Å². The molecule has 1 atom stereocenters. The van der Waals surface area contributed by atoms with Crippen LogP contribution in [0.25, 0.3) is 0 Å². The number of rotatable bonds is 16. The summed E-state index contributed by atoms with van der Waals surface area (Å²) in [5.41, 5.74) is 0. The lowest BCUT2D eigenvalue weighted by atomic mass is 10.0. The topological polar surface area (TPSA) is 29.5 Å². The molecule has 0 aliphatic heterocycles. The van der Waals surface area contributed by atoms with Crippen molar-refractivity contribution in [1.29, 1.82) is 0 Å². The fraction of sp³-hybridized carbons (Fsp3) is 1.00. The first-order valence-corrected chi connectivity index (χ1v) is 9.07. The van der Waals surface area contributed by atoms with Gasteiger partial charge < -0.3 is 9.84 Å². The van der Waals surface area contributed by atoms with E-state index in [0.29, 0.717) is 12.7 Å². The molecular formula is C18H38O2. The van der Waals surface area contributed by atoms with Gasteiger partial charge in [0, 0.05) is 0 Å². The monoisotopic (exact) mass is 286 g/mol. The Morgan fingerprint density at radius 1 is 0.700 bits per heavy atom. The molecule has 0 saturated carbocycles. The molecule has 0 aliphatic carbocycles. The summed E-state index contributed by atoms with van der Waals surface area (Å²) in [4.78, 5) is 0. The Kier molecular flexibility index (Phi) is 16.9. The van der Waals surface area contributed by atoms with Crippen molar-refractivity contribution >= 4 is 0 Å². The van der Waals surface area contributed by atoms with Crippen molar-refractivity contribution in [3.8, 4) is 0 Å². The zero-order chi connectivity index (χ0) is 14.9. The molecule has 0 bridgehead atoms. The van der Waals surface area contributed by atoms with Crippen LogP contribution in [-0.4, -0.2) is 24.4 Å². The van der Waals surface area contributed by atoms with Crippen LogP contribution in [0, 0.1) is 0 Å². The minimum absolute atomic E-state index is 0.151. The number of ether oxygens (including phenoxy) is 1. The zero-order valence-electron chi connectivity index (χ0n) is 14.0. The second kappa shape index (κ2) is 17.0. The standard InChI is InChI=1S/C18H38O2/c1-3-5-6-7-8-9-10-11-12-13-15-18(14-4-2)20-17-16-19/h18-19H,3-17H2,1-2H3. The van der Waals surface area contributed by atoms with Gasteiger partial charge in [-0.2, -0.15) is 0 Å². The number of aliphatic hydroxyl groups is 1. The average molecular weight is 286 g/mol. The molecule has 0 aliphatic rings. The summed E-state index contributed by atoms with van der Waals surface area (Å²) in [6.45, 7) is 5.13. The molecule has 122 valence electrons. The summed E-state index contributed by atoms with van der Waals surface area (Å²) in [5, 5.41) is 8.80. The molecule has 0 aromatic rings. The molecule has 0 aromatic heterocycles. The quantitative estimate of drug-likeness (QED) is 0.381. The minimum Gasteiger partial charge on any atom is -0.394 e. The van der Waals surface area contributed by atoms with Crippen LogP contribution in [-0.2, 0) is 4.74 Å². The largest absolute Gasteiger partial charge is 0.394 e. The highest BCUT2D eigenvalue weighted by Gasteiger charge is 2.07. The van der Waals surface area contributed by atoms with Crippen molar-refractivity contribution in [1.82, 2.24) is 0 Å². The molecule has 0 saturated heterocycles. The van der Waals surface area contributed by atoms with E-state index < -0.39 is 0 Å². The Hall–Kier alpha value is -0.0800. The molecule has 0 spiro atoms. The molecular weight excluding hydrogens is 248 g/mol. The zero-order valence-corrected chi connectivity index (χ0v) is 14.0. The van der Waals surface area contributed by atoms with Gasteiger partial charge >= 0.3 is 0 Å². The highest BCUT2D eigenvalue weighted by molar-refractivity contribution is 4.58. The first kappa shape index (κ1) is 19.9. The van der Waals surface area contributed by atoms with E-state index in [1.165, 1.54) is 77.0 Å². The Morgan fingerprint density at radius 2 is 1.25 bits per heavy atom. The lowest BCUT2D eigenvalue weighted by molar-refractivity contribution is 0.0177. The fourth-order valence-electron chi connectivity index (χ4n) is 2.71. The third-order valence-electron chi connectivity index (χ3n) is 3.94. The van der Waals surface area contributed by atoms with E-state index in [0.717, 1.165) is 6.42 Å². The maximum atomic E-state index is 8.80. The predicted molar refractivity (Wildman–Crippen MR) is 88.2 cm³/mol. The summed E-state index contributed by atoms with van der Waals surface area (Å²) in [5.74, 6) is 0. The van der Waals surface area contributed by atoms with E-state index in [1.807, 2.05) is 0 Å². The van der Waals surface area contributed by atoms with Crippen LogP contribution in [0.15, 0.2) is 0 Å². The molecule has 0 rings (SSSR count). The average Bonchev–Trinajstić information content (AvgIpc) is 2.46. The van der Waals surface area contributed by atoms with Crippen LogP contribution in [0.2, 0.25) is 0 Å². The Bertz CT molecular complexity index is 171. The normalized spacial score (nSPS) is 12.8. The molecule has 2 heteroatoms. The molecule has 20 heavy (non-hydrogen) atoms. The second-order valence-corrected chi connectivity index (χ2v) is 5.98. The van der Waals surface area contributed by atoms with Crippen molar-refractivity contribution in [3.05, 3.63) is 0 Å². The SMILES string of the molecule is CCCCCCCCCCCCC(CCC)OCCO. The highest BCUT2D eigenvalue weighted by Crippen LogP contribution is 2.15. The smallest absolute Gasteiger partial charge is 0.0701 e. The van der Waals surface area contributed by atoms with E-state index in [4.69, 9.17) is 9.84 Å².